The van der Waals surface area contributed by atoms with E-state index in [4.69, 9.17) is 5.73 Å². The smallest absolute Gasteiger partial charge is 0.227 e. The lowest BCUT2D eigenvalue weighted by molar-refractivity contribution is -0.140. The minimum atomic E-state index is -3.18. The summed E-state index contributed by atoms with van der Waals surface area (Å²) in [4.78, 5) is 14.7. The molecule has 6 nitrogen and oxygen atoms in total. The van der Waals surface area contributed by atoms with Gasteiger partial charge in [-0.25, -0.2) is 8.42 Å². The standard InChI is InChI=1S/C16H31N3O3S.ClH/c1-4-19(23(3,21)22)13-8-11-18(12-9-13)15(20)14-7-5-6-10-16(14,2)17;/h13-14H,4-12,17H2,1-3H3;1H. The van der Waals surface area contributed by atoms with Crippen LogP contribution in [0.15, 0.2) is 0 Å². The molecular weight excluding hydrogens is 350 g/mol. The third-order valence-electron chi connectivity index (χ3n) is 5.47. The van der Waals surface area contributed by atoms with Crippen molar-refractivity contribution >= 4 is 28.3 Å². The van der Waals surface area contributed by atoms with Gasteiger partial charge in [-0.15, -0.1) is 12.4 Å². The quantitative estimate of drug-likeness (QED) is 0.801. The second kappa shape index (κ2) is 8.34. The summed E-state index contributed by atoms with van der Waals surface area (Å²) in [5, 5.41) is 0. The van der Waals surface area contributed by atoms with Crippen molar-refractivity contribution in [2.75, 3.05) is 25.9 Å². The molecule has 0 aromatic heterocycles. The average molecular weight is 382 g/mol. The average Bonchev–Trinajstić information content (AvgIpc) is 2.46. The summed E-state index contributed by atoms with van der Waals surface area (Å²) in [5.41, 5.74) is 5.94. The predicted molar refractivity (Wildman–Crippen MR) is 98.6 cm³/mol. The van der Waals surface area contributed by atoms with Gasteiger partial charge >= 0.3 is 0 Å². The van der Waals surface area contributed by atoms with Crippen LogP contribution in [-0.2, 0) is 14.8 Å². The van der Waals surface area contributed by atoms with Crippen molar-refractivity contribution in [3.63, 3.8) is 0 Å². The molecule has 2 unspecified atom stereocenters. The lowest BCUT2D eigenvalue weighted by Gasteiger charge is -2.42. The topological polar surface area (TPSA) is 83.7 Å². The lowest BCUT2D eigenvalue weighted by Crippen LogP contribution is -2.56. The Labute approximate surface area is 152 Å². The molecule has 2 rings (SSSR count). The Balaban J connectivity index is 0.00000288. The van der Waals surface area contributed by atoms with Gasteiger partial charge in [0, 0.05) is 31.2 Å². The molecule has 2 atom stereocenters. The SMILES string of the molecule is CCN(C1CCN(C(=O)C2CCCCC2(C)N)CC1)S(C)(=O)=O.Cl. The molecule has 2 fully saturated rings. The van der Waals surface area contributed by atoms with Crippen LogP contribution in [0, 0.1) is 5.92 Å². The summed E-state index contributed by atoms with van der Waals surface area (Å²) < 4.78 is 25.2. The van der Waals surface area contributed by atoms with E-state index < -0.39 is 15.6 Å². The van der Waals surface area contributed by atoms with E-state index in [0.29, 0.717) is 32.5 Å². The third-order valence-corrected chi connectivity index (χ3v) is 6.88. The normalized spacial score (nSPS) is 29.4. The highest BCUT2D eigenvalue weighted by atomic mass is 35.5. The van der Waals surface area contributed by atoms with Crippen LogP contribution in [0.25, 0.3) is 0 Å². The Bertz CT molecular complexity index is 531. The number of carbonyl (C=O) groups excluding carboxylic acids is 1. The molecule has 1 saturated carbocycles. The maximum absolute atomic E-state index is 12.8. The van der Waals surface area contributed by atoms with Gasteiger partial charge in [-0.3, -0.25) is 4.79 Å². The number of hydrogen-bond donors (Lipinski definition) is 1. The van der Waals surface area contributed by atoms with E-state index in [9.17, 15) is 13.2 Å². The Morgan fingerprint density at radius 3 is 2.29 bits per heavy atom. The molecule has 1 amide bonds. The van der Waals surface area contributed by atoms with E-state index >= 15 is 0 Å². The first kappa shape index (κ1) is 21.7. The second-order valence-electron chi connectivity index (χ2n) is 7.33. The predicted octanol–water partition coefficient (Wildman–Crippen LogP) is 1.59. The van der Waals surface area contributed by atoms with Gasteiger partial charge in [0.25, 0.3) is 0 Å². The summed E-state index contributed by atoms with van der Waals surface area (Å²) in [6.07, 6.45) is 6.61. The molecule has 2 aliphatic rings. The van der Waals surface area contributed by atoms with Gasteiger partial charge < -0.3 is 10.6 Å². The minimum Gasteiger partial charge on any atom is -0.342 e. The summed E-state index contributed by atoms with van der Waals surface area (Å²) in [5.74, 6) is 0.0699. The Morgan fingerprint density at radius 2 is 1.83 bits per heavy atom. The Hall–Kier alpha value is -0.370. The summed E-state index contributed by atoms with van der Waals surface area (Å²) in [7, 11) is -3.18. The van der Waals surface area contributed by atoms with E-state index in [2.05, 4.69) is 0 Å². The van der Waals surface area contributed by atoms with Gasteiger partial charge in [-0.1, -0.05) is 19.8 Å². The fraction of sp³-hybridized carbons (Fsp3) is 0.938. The van der Waals surface area contributed by atoms with Crippen LogP contribution >= 0.6 is 12.4 Å². The summed E-state index contributed by atoms with van der Waals surface area (Å²) in [6.45, 7) is 5.59. The van der Waals surface area contributed by atoms with Crippen molar-refractivity contribution in [3.05, 3.63) is 0 Å². The van der Waals surface area contributed by atoms with Gasteiger partial charge in [0.15, 0.2) is 0 Å². The first-order valence-corrected chi connectivity index (χ1v) is 10.6. The van der Waals surface area contributed by atoms with Crippen LogP contribution in [-0.4, -0.2) is 61.0 Å². The van der Waals surface area contributed by atoms with Crippen LogP contribution in [0.1, 0.15) is 52.4 Å². The van der Waals surface area contributed by atoms with E-state index in [-0.39, 0.29) is 30.3 Å². The molecule has 0 spiro atoms. The maximum atomic E-state index is 12.8. The number of hydrogen-bond acceptors (Lipinski definition) is 4. The zero-order chi connectivity index (χ0) is 17.3. The number of amides is 1. The van der Waals surface area contributed by atoms with Crippen molar-refractivity contribution in [2.45, 2.75) is 64.0 Å². The van der Waals surface area contributed by atoms with Crippen LogP contribution in [0.2, 0.25) is 0 Å². The molecule has 2 N–H and O–H groups in total. The zero-order valence-electron chi connectivity index (χ0n) is 15.0. The first-order valence-electron chi connectivity index (χ1n) is 8.71. The number of sulfonamides is 1. The summed E-state index contributed by atoms with van der Waals surface area (Å²) in [6, 6.07) is 0.00895. The highest BCUT2D eigenvalue weighted by Gasteiger charge is 2.41. The highest BCUT2D eigenvalue weighted by Crippen LogP contribution is 2.33. The van der Waals surface area contributed by atoms with Gasteiger partial charge in [0.2, 0.25) is 15.9 Å². The van der Waals surface area contributed by atoms with Gasteiger partial charge in [-0.05, 0) is 32.6 Å². The van der Waals surface area contributed by atoms with E-state index in [1.165, 1.54) is 6.26 Å². The van der Waals surface area contributed by atoms with E-state index in [0.717, 1.165) is 25.7 Å². The molecule has 0 bridgehead atoms. The molecule has 0 aromatic rings. The molecule has 1 saturated heterocycles. The monoisotopic (exact) mass is 381 g/mol. The van der Waals surface area contributed by atoms with Gasteiger partial charge in [0.05, 0.1) is 12.2 Å². The van der Waals surface area contributed by atoms with Crippen LogP contribution in [0.5, 0.6) is 0 Å². The van der Waals surface area contributed by atoms with Crippen LogP contribution in [0.3, 0.4) is 0 Å². The molecule has 1 aliphatic heterocycles. The molecule has 24 heavy (non-hydrogen) atoms. The number of likely N-dealkylation sites (tertiary alicyclic amines) is 1. The van der Waals surface area contributed by atoms with Crippen molar-refractivity contribution in [3.8, 4) is 0 Å². The number of nitrogens with zero attached hydrogens (tertiary/aromatic N) is 2. The molecule has 0 radical (unpaired) electrons. The van der Waals surface area contributed by atoms with Crippen molar-refractivity contribution < 1.29 is 13.2 Å². The van der Waals surface area contributed by atoms with Gasteiger partial charge in [0.1, 0.15) is 0 Å². The second-order valence-corrected chi connectivity index (χ2v) is 9.26. The fourth-order valence-electron chi connectivity index (χ4n) is 4.12. The third kappa shape index (κ3) is 4.84. The maximum Gasteiger partial charge on any atom is 0.227 e. The number of rotatable bonds is 4. The van der Waals surface area contributed by atoms with E-state index in [1.54, 1.807) is 4.31 Å². The molecular formula is C16H32ClN3O3S. The number of halogens is 1. The molecule has 1 heterocycles. The highest BCUT2D eigenvalue weighted by molar-refractivity contribution is 7.88. The zero-order valence-corrected chi connectivity index (χ0v) is 16.7. The van der Waals surface area contributed by atoms with Crippen molar-refractivity contribution in [1.29, 1.82) is 0 Å². The molecule has 0 aromatic carbocycles. The lowest BCUT2D eigenvalue weighted by atomic mass is 9.74. The number of piperidine rings is 1. The van der Waals surface area contributed by atoms with Crippen LogP contribution in [0.4, 0.5) is 0 Å². The Morgan fingerprint density at radius 1 is 1.25 bits per heavy atom. The van der Waals surface area contributed by atoms with Crippen molar-refractivity contribution in [2.24, 2.45) is 11.7 Å². The van der Waals surface area contributed by atoms with E-state index in [1.807, 2.05) is 18.7 Å². The number of carbonyl (C=O) groups is 1. The molecule has 142 valence electrons. The molecule has 1 aliphatic carbocycles. The largest absolute Gasteiger partial charge is 0.342 e. The molecule has 8 heteroatoms. The van der Waals surface area contributed by atoms with Crippen LogP contribution < -0.4 is 5.73 Å². The number of nitrogens with two attached hydrogens (primary N) is 1. The Kier molecular flexibility index (Phi) is 7.53. The first-order chi connectivity index (χ1) is 10.7. The fourth-order valence-corrected chi connectivity index (χ4v) is 5.34. The van der Waals surface area contributed by atoms with Gasteiger partial charge in [-0.2, -0.15) is 4.31 Å². The summed E-state index contributed by atoms with van der Waals surface area (Å²) >= 11 is 0. The van der Waals surface area contributed by atoms with Crippen molar-refractivity contribution in [1.82, 2.24) is 9.21 Å². The minimum absolute atomic E-state index is 0.